The minimum atomic E-state index is -0.246. The van der Waals surface area contributed by atoms with Crippen molar-refractivity contribution in [3.63, 3.8) is 0 Å². The molecule has 0 bridgehead atoms. The number of unbranched alkanes of at least 4 members (excludes halogenated alkanes) is 9. The van der Waals surface area contributed by atoms with Crippen LogP contribution >= 0.6 is 0 Å². The van der Waals surface area contributed by atoms with Crippen LogP contribution in [0.5, 0.6) is 0 Å². The molecule has 176 valence electrons. The van der Waals surface area contributed by atoms with Crippen LogP contribution < -0.4 is 0 Å². The lowest BCUT2D eigenvalue weighted by Gasteiger charge is -2.30. The van der Waals surface area contributed by atoms with Gasteiger partial charge in [-0.05, 0) is 51.4 Å². The standard InChI is InChI=1S/C27H50O3/c1-4-7-9-10-11-12-13-14-15-16-17-18-19-20-21-22-26(29)30-25-27(6-3,24-28)23-8-5-2/h11-12,14-15,28H,4-10,13,16-25H2,1-3H3/b12-11-,15-14-. The number of aliphatic hydroxyl groups is 1. The highest BCUT2D eigenvalue weighted by Crippen LogP contribution is 2.29. The van der Waals surface area contributed by atoms with E-state index in [1.54, 1.807) is 0 Å². The smallest absolute Gasteiger partial charge is 0.305 e. The number of rotatable bonds is 21. The molecule has 30 heavy (non-hydrogen) atoms. The number of carbonyl (C=O) groups excluding carboxylic acids is 1. The van der Waals surface area contributed by atoms with Crippen LogP contribution in [0.3, 0.4) is 0 Å². The van der Waals surface area contributed by atoms with Crippen LogP contribution in [0.1, 0.15) is 124 Å². The fourth-order valence-electron chi connectivity index (χ4n) is 3.53. The summed E-state index contributed by atoms with van der Waals surface area (Å²) in [6.07, 6.45) is 26.6. The first-order chi connectivity index (χ1) is 14.6. The van der Waals surface area contributed by atoms with Gasteiger partial charge in [-0.3, -0.25) is 4.79 Å². The van der Waals surface area contributed by atoms with Gasteiger partial charge in [0.25, 0.3) is 0 Å². The molecule has 3 heteroatoms. The molecule has 0 spiro atoms. The summed E-state index contributed by atoms with van der Waals surface area (Å²) < 4.78 is 5.49. The highest BCUT2D eigenvalue weighted by atomic mass is 16.5. The molecular formula is C27H50O3. The molecule has 1 N–H and O–H groups in total. The second-order valence-corrected chi connectivity index (χ2v) is 8.76. The van der Waals surface area contributed by atoms with Gasteiger partial charge in [-0.2, -0.15) is 0 Å². The summed E-state index contributed by atoms with van der Waals surface area (Å²) in [4.78, 5) is 12.0. The Kier molecular flexibility index (Phi) is 20.4. The molecule has 0 fully saturated rings. The van der Waals surface area contributed by atoms with Gasteiger partial charge in [0.2, 0.25) is 0 Å². The quantitative estimate of drug-likeness (QED) is 0.116. The minimum Gasteiger partial charge on any atom is -0.465 e. The maximum atomic E-state index is 12.0. The van der Waals surface area contributed by atoms with Crippen molar-refractivity contribution in [1.82, 2.24) is 0 Å². The maximum Gasteiger partial charge on any atom is 0.305 e. The third kappa shape index (κ3) is 16.7. The molecule has 3 nitrogen and oxygen atoms in total. The number of aliphatic hydroxyl groups excluding tert-OH is 1. The number of hydrogen-bond donors (Lipinski definition) is 1. The van der Waals surface area contributed by atoms with Crippen LogP contribution in [0.15, 0.2) is 24.3 Å². The van der Waals surface area contributed by atoms with Crippen molar-refractivity contribution in [3.05, 3.63) is 24.3 Å². The Morgan fingerprint density at radius 3 is 2.00 bits per heavy atom. The van der Waals surface area contributed by atoms with E-state index < -0.39 is 0 Å². The first-order valence-corrected chi connectivity index (χ1v) is 12.7. The average Bonchev–Trinajstić information content (AvgIpc) is 2.77. The molecule has 0 aromatic carbocycles. The Bertz CT molecular complexity index is 435. The zero-order valence-corrected chi connectivity index (χ0v) is 20.3. The van der Waals surface area contributed by atoms with Crippen LogP contribution in [0.25, 0.3) is 0 Å². The summed E-state index contributed by atoms with van der Waals surface area (Å²) >= 11 is 0. The van der Waals surface area contributed by atoms with E-state index in [-0.39, 0.29) is 18.0 Å². The van der Waals surface area contributed by atoms with Crippen LogP contribution in [-0.4, -0.2) is 24.3 Å². The second-order valence-electron chi connectivity index (χ2n) is 8.76. The Morgan fingerprint density at radius 1 is 0.800 bits per heavy atom. The SMILES string of the molecule is CCCCC/C=C\C/C=C\CCCCCCCC(=O)OCC(CC)(CO)CCCC. The monoisotopic (exact) mass is 422 g/mol. The van der Waals surface area contributed by atoms with Gasteiger partial charge in [0, 0.05) is 11.8 Å². The van der Waals surface area contributed by atoms with Gasteiger partial charge in [0.15, 0.2) is 0 Å². The van der Waals surface area contributed by atoms with Gasteiger partial charge in [-0.15, -0.1) is 0 Å². The van der Waals surface area contributed by atoms with Gasteiger partial charge < -0.3 is 9.84 Å². The van der Waals surface area contributed by atoms with Crippen molar-refractivity contribution in [1.29, 1.82) is 0 Å². The number of esters is 1. The van der Waals surface area contributed by atoms with E-state index in [1.165, 1.54) is 44.9 Å². The van der Waals surface area contributed by atoms with Crippen molar-refractivity contribution in [2.75, 3.05) is 13.2 Å². The highest BCUT2D eigenvalue weighted by Gasteiger charge is 2.28. The molecular weight excluding hydrogens is 372 g/mol. The normalized spacial score (nSPS) is 13.9. The average molecular weight is 423 g/mol. The Hall–Kier alpha value is -1.09. The summed E-state index contributed by atoms with van der Waals surface area (Å²) in [6.45, 7) is 6.92. The first kappa shape index (κ1) is 28.9. The number of allylic oxidation sites excluding steroid dienone is 4. The van der Waals surface area contributed by atoms with E-state index in [0.717, 1.165) is 51.4 Å². The third-order valence-corrected chi connectivity index (χ3v) is 6.02. The zero-order chi connectivity index (χ0) is 22.3. The van der Waals surface area contributed by atoms with E-state index in [4.69, 9.17) is 4.74 Å². The van der Waals surface area contributed by atoms with E-state index in [9.17, 15) is 9.90 Å². The molecule has 0 aromatic rings. The van der Waals surface area contributed by atoms with Crippen LogP contribution in [0, 0.1) is 5.41 Å². The number of ether oxygens (including phenoxy) is 1. The molecule has 0 radical (unpaired) electrons. The Morgan fingerprint density at radius 2 is 1.40 bits per heavy atom. The molecule has 0 amide bonds. The number of hydrogen-bond acceptors (Lipinski definition) is 3. The van der Waals surface area contributed by atoms with Gasteiger partial charge in [-0.1, -0.05) is 90.0 Å². The van der Waals surface area contributed by atoms with Crippen molar-refractivity contribution < 1.29 is 14.6 Å². The Labute approximate surface area is 187 Å². The lowest BCUT2D eigenvalue weighted by atomic mass is 9.82. The first-order valence-electron chi connectivity index (χ1n) is 12.7. The lowest BCUT2D eigenvalue weighted by Crippen LogP contribution is -2.31. The van der Waals surface area contributed by atoms with Crippen molar-refractivity contribution >= 4 is 5.97 Å². The second kappa shape index (κ2) is 21.2. The van der Waals surface area contributed by atoms with E-state index in [0.29, 0.717) is 13.0 Å². The molecule has 0 aliphatic heterocycles. The third-order valence-electron chi connectivity index (χ3n) is 6.02. The van der Waals surface area contributed by atoms with Crippen molar-refractivity contribution in [2.45, 2.75) is 124 Å². The van der Waals surface area contributed by atoms with Crippen molar-refractivity contribution in [2.24, 2.45) is 5.41 Å². The van der Waals surface area contributed by atoms with Gasteiger partial charge >= 0.3 is 5.97 Å². The zero-order valence-electron chi connectivity index (χ0n) is 20.3. The van der Waals surface area contributed by atoms with Crippen LogP contribution in [0.2, 0.25) is 0 Å². The van der Waals surface area contributed by atoms with Gasteiger partial charge in [0.05, 0.1) is 13.2 Å². The van der Waals surface area contributed by atoms with E-state index >= 15 is 0 Å². The van der Waals surface area contributed by atoms with Crippen LogP contribution in [0.4, 0.5) is 0 Å². The molecule has 0 saturated carbocycles. The highest BCUT2D eigenvalue weighted by molar-refractivity contribution is 5.69. The topological polar surface area (TPSA) is 46.5 Å². The summed E-state index contributed by atoms with van der Waals surface area (Å²) in [5, 5.41) is 9.73. The molecule has 0 aliphatic rings. The van der Waals surface area contributed by atoms with E-state index in [2.05, 4.69) is 45.1 Å². The summed E-state index contributed by atoms with van der Waals surface area (Å²) in [5.41, 5.74) is -0.246. The fourth-order valence-corrected chi connectivity index (χ4v) is 3.53. The van der Waals surface area contributed by atoms with Gasteiger partial charge in [-0.25, -0.2) is 0 Å². The predicted octanol–water partition coefficient (Wildman–Crippen LogP) is 7.92. The molecule has 0 saturated heterocycles. The van der Waals surface area contributed by atoms with Crippen LogP contribution in [-0.2, 0) is 9.53 Å². The maximum absolute atomic E-state index is 12.0. The van der Waals surface area contributed by atoms with Gasteiger partial charge in [0.1, 0.15) is 0 Å². The largest absolute Gasteiger partial charge is 0.465 e. The molecule has 1 unspecified atom stereocenters. The van der Waals surface area contributed by atoms with E-state index in [1.807, 2.05) is 0 Å². The number of carbonyl (C=O) groups is 1. The summed E-state index contributed by atoms with van der Waals surface area (Å²) in [7, 11) is 0. The lowest BCUT2D eigenvalue weighted by molar-refractivity contribution is -0.148. The van der Waals surface area contributed by atoms with Crippen molar-refractivity contribution in [3.8, 4) is 0 Å². The molecule has 0 rings (SSSR count). The molecule has 0 aromatic heterocycles. The Balaban J connectivity index is 3.63. The molecule has 0 aliphatic carbocycles. The predicted molar refractivity (Wildman–Crippen MR) is 130 cm³/mol. The summed E-state index contributed by atoms with van der Waals surface area (Å²) in [5.74, 6) is -0.108. The molecule has 0 heterocycles. The minimum absolute atomic E-state index is 0.0977. The summed E-state index contributed by atoms with van der Waals surface area (Å²) in [6, 6.07) is 0. The fraction of sp³-hybridized carbons (Fsp3) is 0.815. The molecule has 1 atom stereocenters.